The molecule has 0 atom stereocenters. The van der Waals surface area contributed by atoms with Gasteiger partial charge in [0.1, 0.15) is 11.4 Å². The summed E-state index contributed by atoms with van der Waals surface area (Å²) in [6.45, 7) is 1.98. The number of aromatic amines is 1. The summed E-state index contributed by atoms with van der Waals surface area (Å²) < 4.78 is 5.33. The number of imidazole rings is 1. The molecule has 4 nitrogen and oxygen atoms in total. The second-order valence-corrected chi connectivity index (χ2v) is 4.47. The van der Waals surface area contributed by atoms with Crippen molar-refractivity contribution in [3.63, 3.8) is 0 Å². The summed E-state index contributed by atoms with van der Waals surface area (Å²) >= 11 is 0. The van der Waals surface area contributed by atoms with E-state index < -0.39 is 0 Å². The number of fused-ring (bicyclic) bond motifs is 1. The molecule has 1 aromatic heterocycles. The predicted molar refractivity (Wildman–Crippen MR) is 81.0 cm³/mol. The number of para-hydroxylation sites is 3. The number of rotatable bonds is 3. The zero-order valence-electron chi connectivity index (χ0n) is 11.4. The lowest BCUT2D eigenvalue weighted by Crippen LogP contribution is -1.96. The van der Waals surface area contributed by atoms with Crippen LogP contribution in [-0.4, -0.2) is 22.8 Å². The van der Waals surface area contributed by atoms with Crippen molar-refractivity contribution in [2.24, 2.45) is 4.99 Å². The van der Waals surface area contributed by atoms with Gasteiger partial charge in [-0.3, -0.25) is 0 Å². The highest BCUT2D eigenvalue weighted by Crippen LogP contribution is 2.27. The van der Waals surface area contributed by atoms with Crippen LogP contribution in [0.4, 0.5) is 5.69 Å². The number of nitrogens with zero attached hydrogens (tertiary/aromatic N) is 2. The third-order valence-electron chi connectivity index (χ3n) is 3.21. The van der Waals surface area contributed by atoms with Gasteiger partial charge in [0.2, 0.25) is 0 Å². The van der Waals surface area contributed by atoms with Gasteiger partial charge in [-0.15, -0.1) is 0 Å². The van der Waals surface area contributed by atoms with Crippen molar-refractivity contribution in [3.05, 3.63) is 54.4 Å². The van der Waals surface area contributed by atoms with Gasteiger partial charge in [-0.1, -0.05) is 24.3 Å². The van der Waals surface area contributed by atoms with Crippen LogP contribution in [0.3, 0.4) is 0 Å². The molecule has 0 fully saturated rings. The van der Waals surface area contributed by atoms with Crippen LogP contribution in [0.15, 0.2) is 53.8 Å². The Balaban J connectivity index is 2.10. The van der Waals surface area contributed by atoms with Crippen LogP contribution in [0.25, 0.3) is 11.0 Å². The molecule has 0 radical (unpaired) electrons. The summed E-state index contributed by atoms with van der Waals surface area (Å²) in [4.78, 5) is 12.1. The van der Waals surface area contributed by atoms with Gasteiger partial charge in [0.25, 0.3) is 0 Å². The molecule has 100 valence electrons. The number of H-pyrrole nitrogens is 1. The molecule has 0 aliphatic rings. The lowest BCUT2D eigenvalue weighted by molar-refractivity contribution is 0.416. The molecule has 0 amide bonds. The van der Waals surface area contributed by atoms with E-state index in [1.165, 1.54) is 0 Å². The van der Waals surface area contributed by atoms with Crippen LogP contribution in [0.2, 0.25) is 0 Å². The number of benzene rings is 2. The van der Waals surface area contributed by atoms with Gasteiger partial charge in [0.05, 0.1) is 24.5 Å². The van der Waals surface area contributed by atoms with E-state index in [0.29, 0.717) is 0 Å². The van der Waals surface area contributed by atoms with Crippen molar-refractivity contribution in [1.29, 1.82) is 0 Å². The van der Waals surface area contributed by atoms with Gasteiger partial charge in [-0.05, 0) is 25.1 Å². The van der Waals surface area contributed by atoms with E-state index >= 15 is 0 Å². The normalized spacial score (nSPS) is 11.8. The molecule has 1 heterocycles. The minimum absolute atomic E-state index is 0.765. The number of aliphatic imine (C=N–C) groups is 1. The van der Waals surface area contributed by atoms with Crippen LogP contribution in [0, 0.1) is 0 Å². The van der Waals surface area contributed by atoms with E-state index in [1.807, 2.05) is 49.4 Å². The van der Waals surface area contributed by atoms with Crippen LogP contribution in [0.5, 0.6) is 5.75 Å². The minimum Gasteiger partial charge on any atom is -0.494 e. The molecule has 3 rings (SSSR count). The fraction of sp³-hybridized carbons (Fsp3) is 0.125. The summed E-state index contributed by atoms with van der Waals surface area (Å²) in [5, 5.41) is 0. The summed E-state index contributed by atoms with van der Waals surface area (Å²) in [5.74, 6) is 0.765. The van der Waals surface area contributed by atoms with Crippen LogP contribution < -0.4 is 4.74 Å². The quantitative estimate of drug-likeness (QED) is 0.734. The molecule has 0 saturated carbocycles. The lowest BCUT2D eigenvalue weighted by atomic mass is 10.1. The zero-order valence-corrected chi connectivity index (χ0v) is 11.4. The highest BCUT2D eigenvalue weighted by atomic mass is 16.5. The molecule has 0 bridgehead atoms. The molecule has 0 unspecified atom stereocenters. The number of nitrogens with one attached hydrogen (secondary N) is 1. The topological polar surface area (TPSA) is 50.3 Å². The van der Waals surface area contributed by atoms with Crippen LogP contribution in [-0.2, 0) is 0 Å². The fourth-order valence-electron chi connectivity index (χ4n) is 2.22. The molecule has 0 aliphatic carbocycles. The van der Waals surface area contributed by atoms with E-state index in [1.54, 1.807) is 13.4 Å². The molecule has 4 heteroatoms. The maximum Gasteiger partial charge on any atom is 0.144 e. The van der Waals surface area contributed by atoms with Crippen LogP contribution in [0.1, 0.15) is 12.5 Å². The smallest absolute Gasteiger partial charge is 0.144 e. The highest BCUT2D eigenvalue weighted by Gasteiger charge is 2.07. The summed E-state index contributed by atoms with van der Waals surface area (Å²) in [7, 11) is 1.65. The second kappa shape index (κ2) is 5.17. The summed E-state index contributed by atoms with van der Waals surface area (Å²) in [5.41, 5.74) is 4.70. The van der Waals surface area contributed by atoms with E-state index in [9.17, 15) is 0 Å². The number of hydrogen-bond acceptors (Lipinski definition) is 3. The Morgan fingerprint density at radius 3 is 2.85 bits per heavy atom. The Bertz CT molecular complexity index is 774. The van der Waals surface area contributed by atoms with Gasteiger partial charge < -0.3 is 9.72 Å². The first kappa shape index (κ1) is 12.4. The second-order valence-electron chi connectivity index (χ2n) is 4.47. The molecular weight excluding hydrogens is 250 g/mol. The molecule has 0 saturated heterocycles. The van der Waals surface area contributed by atoms with Crippen molar-refractivity contribution in [1.82, 2.24) is 9.97 Å². The van der Waals surface area contributed by atoms with Crippen molar-refractivity contribution < 1.29 is 4.74 Å². The number of ether oxygens (including phenoxy) is 1. The third kappa shape index (κ3) is 2.16. The maximum atomic E-state index is 5.33. The summed E-state index contributed by atoms with van der Waals surface area (Å²) in [6, 6.07) is 13.7. The fourth-order valence-corrected chi connectivity index (χ4v) is 2.22. The van der Waals surface area contributed by atoms with Gasteiger partial charge in [0.15, 0.2) is 0 Å². The SMILES string of the molecule is COc1ccccc1N=C(C)c1cccc2[nH]cnc12. The lowest BCUT2D eigenvalue weighted by Gasteiger charge is -2.06. The first-order valence-corrected chi connectivity index (χ1v) is 6.40. The number of methoxy groups -OCH3 is 1. The Kier molecular flexibility index (Phi) is 3.21. The van der Waals surface area contributed by atoms with E-state index in [0.717, 1.165) is 33.7 Å². The molecule has 2 aromatic carbocycles. The van der Waals surface area contributed by atoms with Crippen molar-refractivity contribution in [2.45, 2.75) is 6.92 Å². The van der Waals surface area contributed by atoms with Crippen molar-refractivity contribution in [3.8, 4) is 5.75 Å². The Hall–Kier alpha value is -2.62. The molecule has 0 spiro atoms. The largest absolute Gasteiger partial charge is 0.494 e. The molecule has 20 heavy (non-hydrogen) atoms. The van der Waals surface area contributed by atoms with Crippen molar-refractivity contribution >= 4 is 22.4 Å². The minimum atomic E-state index is 0.765. The van der Waals surface area contributed by atoms with Gasteiger partial charge >= 0.3 is 0 Å². The number of hydrogen-bond donors (Lipinski definition) is 1. The average Bonchev–Trinajstić information content (AvgIpc) is 2.96. The summed E-state index contributed by atoms with van der Waals surface area (Å²) in [6.07, 6.45) is 1.70. The molecular formula is C16H15N3O. The Labute approximate surface area is 117 Å². The monoisotopic (exact) mass is 265 g/mol. The van der Waals surface area contributed by atoms with Gasteiger partial charge in [-0.25, -0.2) is 9.98 Å². The zero-order chi connectivity index (χ0) is 13.9. The van der Waals surface area contributed by atoms with Crippen molar-refractivity contribution in [2.75, 3.05) is 7.11 Å². The first-order chi connectivity index (χ1) is 9.79. The molecule has 1 N–H and O–H groups in total. The molecule has 0 aliphatic heterocycles. The first-order valence-electron chi connectivity index (χ1n) is 6.40. The van der Waals surface area contributed by atoms with E-state index in [4.69, 9.17) is 4.74 Å². The van der Waals surface area contributed by atoms with E-state index in [-0.39, 0.29) is 0 Å². The molecule has 3 aromatic rings. The Morgan fingerprint density at radius 2 is 2.00 bits per heavy atom. The van der Waals surface area contributed by atoms with Crippen LogP contribution >= 0.6 is 0 Å². The van der Waals surface area contributed by atoms with Gasteiger partial charge in [-0.2, -0.15) is 0 Å². The van der Waals surface area contributed by atoms with E-state index in [2.05, 4.69) is 15.0 Å². The Morgan fingerprint density at radius 1 is 1.15 bits per heavy atom. The highest BCUT2D eigenvalue weighted by molar-refractivity contribution is 6.08. The number of aromatic nitrogens is 2. The third-order valence-corrected chi connectivity index (χ3v) is 3.21. The van der Waals surface area contributed by atoms with Gasteiger partial charge in [0, 0.05) is 11.3 Å². The maximum absolute atomic E-state index is 5.33. The standard InChI is InChI=1S/C16H15N3O/c1-11(19-13-7-3-4-9-15(13)20-2)12-6-5-8-14-16(12)18-10-17-14/h3-10H,1-2H3,(H,17,18). The average molecular weight is 265 g/mol. The predicted octanol–water partition coefficient (Wildman–Crippen LogP) is 3.71.